The van der Waals surface area contributed by atoms with E-state index in [9.17, 15) is 5.11 Å². The first-order valence-corrected chi connectivity index (χ1v) is 6.12. The molecule has 98 valence electrons. The van der Waals surface area contributed by atoms with Crippen molar-refractivity contribution in [3.8, 4) is 0 Å². The Morgan fingerprint density at radius 3 is 2.67 bits per heavy atom. The van der Waals surface area contributed by atoms with Crippen LogP contribution in [-0.2, 0) is 13.2 Å². The van der Waals surface area contributed by atoms with Crippen molar-refractivity contribution in [1.29, 1.82) is 0 Å². The minimum Gasteiger partial charge on any atom is -0.392 e. The number of nitrogens with one attached hydrogen (secondary N) is 2. The number of hydrogen-bond donors (Lipinski definition) is 3. The fourth-order valence-corrected chi connectivity index (χ4v) is 1.54. The predicted octanol–water partition coefficient (Wildman–Crippen LogP) is 1.42. The van der Waals surface area contributed by atoms with Gasteiger partial charge in [0.05, 0.1) is 13.2 Å². The normalized spacial score (nSPS) is 11.1. The lowest BCUT2D eigenvalue weighted by molar-refractivity contribution is 0.280. The Morgan fingerprint density at radius 1 is 1.33 bits per heavy atom. The van der Waals surface area contributed by atoms with Crippen LogP contribution in [0.15, 0.2) is 41.9 Å². The van der Waals surface area contributed by atoms with Gasteiger partial charge in [0.2, 0.25) is 0 Å². The van der Waals surface area contributed by atoms with Crippen molar-refractivity contribution in [3.05, 3.63) is 48.0 Å². The number of rotatable bonds is 6. The van der Waals surface area contributed by atoms with Crippen LogP contribution in [0.5, 0.6) is 0 Å². The van der Waals surface area contributed by atoms with E-state index in [-0.39, 0.29) is 6.61 Å². The summed E-state index contributed by atoms with van der Waals surface area (Å²) in [6, 6.07) is 7.76. The van der Waals surface area contributed by atoms with Crippen LogP contribution in [0.3, 0.4) is 0 Å². The maximum Gasteiger partial charge on any atom is 0.191 e. The fourth-order valence-electron chi connectivity index (χ4n) is 1.54. The molecule has 0 amide bonds. The second kappa shape index (κ2) is 8.31. The molecule has 0 radical (unpaired) electrons. The van der Waals surface area contributed by atoms with Gasteiger partial charge in [-0.1, -0.05) is 30.3 Å². The predicted molar refractivity (Wildman–Crippen MR) is 75.4 cm³/mol. The Hall–Kier alpha value is -1.81. The van der Waals surface area contributed by atoms with Gasteiger partial charge in [-0.25, -0.2) is 4.99 Å². The van der Waals surface area contributed by atoms with Crippen molar-refractivity contribution >= 4 is 5.96 Å². The Morgan fingerprint density at radius 2 is 2.06 bits per heavy atom. The number of aliphatic imine (C=N–C) groups is 1. The topological polar surface area (TPSA) is 56.7 Å². The quantitative estimate of drug-likeness (QED) is 0.405. The molecule has 1 aromatic rings. The van der Waals surface area contributed by atoms with Crippen molar-refractivity contribution in [1.82, 2.24) is 10.6 Å². The van der Waals surface area contributed by atoms with E-state index in [1.165, 1.54) is 0 Å². The van der Waals surface area contributed by atoms with Crippen LogP contribution in [-0.4, -0.2) is 24.2 Å². The average molecular weight is 247 g/mol. The van der Waals surface area contributed by atoms with Gasteiger partial charge in [-0.15, -0.1) is 6.58 Å². The second-order valence-corrected chi connectivity index (χ2v) is 3.79. The standard InChI is InChI=1S/C14H21N3O/c1-3-9-16-14(15-4-2)17-10-12-7-5-6-8-13(12)11-18/h3,5-8,18H,1,4,9-11H2,2H3,(H2,15,16,17). The zero-order valence-electron chi connectivity index (χ0n) is 10.8. The molecule has 4 heteroatoms. The fraction of sp³-hybridized carbons (Fsp3) is 0.357. The molecule has 0 bridgehead atoms. The van der Waals surface area contributed by atoms with Gasteiger partial charge >= 0.3 is 0 Å². The van der Waals surface area contributed by atoms with E-state index < -0.39 is 0 Å². The van der Waals surface area contributed by atoms with Gasteiger partial charge < -0.3 is 15.7 Å². The number of nitrogens with zero attached hydrogens (tertiary/aromatic N) is 1. The summed E-state index contributed by atoms with van der Waals surface area (Å²) >= 11 is 0. The highest BCUT2D eigenvalue weighted by atomic mass is 16.3. The van der Waals surface area contributed by atoms with Crippen molar-refractivity contribution < 1.29 is 5.11 Å². The summed E-state index contributed by atoms with van der Waals surface area (Å²) in [5.41, 5.74) is 1.96. The summed E-state index contributed by atoms with van der Waals surface area (Å²) in [5, 5.41) is 15.5. The first-order chi connectivity index (χ1) is 8.81. The van der Waals surface area contributed by atoms with E-state index in [2.05, 4.69) is 22.2 Å². The van der Waals surface area contributed by atoms with Gasteiger partial charge in [0.25, 0.3) is 0 Å². The molecule has 3 N–H and O–H groups in total. The third-order valence-electron chi connectivity index (χ3n) is 2.45. The summed E-state index contributed by atoms with van der Waals surface area (Å²) in [7, 11) is 0. The van der Waals surface area contributed by atoms with Crippen LogP contribution in [0, 0.1) is 0 Å². The lowest BCUT2D eigenvalue weighted by Crippen LogP contribution is -2.37. The first-order valence-electron chi connectivity index (χ1n) is 6.12. The van der Waals surface area contributed by atoms with Crippen molar-refractivity contribution in [2.24, 2.45) is 4.99 Å². The van der Waals surface area contributed by atoms with Crippen molar-refractivity contribution in [2.45, 2.75) is 20.1 Å². The molecule has 0 aliphatic carbocycles. The molecule has 1 aromatic carbocycles. The summed E-state index contributed by atoms with van der Waals surface area (Å²) < 4.78 is 0. The molecule has 0 aromatic heterocycles. The molecule has 0 atom stereocenters. The summed E-state index contributed by atoms with van der Waals surface area (Å²) in [5.74, 6) is 0.755. The lowest BCUT2D eigenvalue weighted by atomic mass is 10.1. The highest BCUT2D eigenvalue weighted by Crippen LogP contribution is 2.09. The van der Waals surface area contributed by atoms with Gasteiger partial charge in [0.1, 0.15) is 0 Å². The minimum absolute atomic E-state index is 0.0440. The van der Waals surface area contributed by atoms with E-state index in [1.807, 2.05) is 31.2 Å². The van der Waals surface area contributed by atoms with Crippen LogP contribution in [0.25, 0.3) is 0 Å². The maximum atomic E-state index is 9.24. The molecule has 18 heavy (non-hydrogen) atoms. The van der Waals surface area contributed by atoms with Crippen molar-refractivity contribution in [2.75, 3.05) is 13.1 Å². The van der Waals surface area contributed by atoms with Gasteiger partial charge in [0, 0.05) is 13.1 Å². The SMILES string of the molecule is C=CCNC(=NCc1ccccc1CO)NCC. The van der Waals surface area contributed by atoms with E-state index >= 15 is 0 Å². The molecule has 0 fully saturated rings. The molecule has 0 aliphatic rings. The van der Waals surface area contributed by atoms with Gasteiger partial charge in [0.15, 0.2) is 5.96 Å². The van der Waals surface area contributed by atoms with E-state index in [0.717, 1.165) is 23.6 Å². The third kappa shape index (κ3) is 4.59. The highest BCUT2D eigenvalue weighted by molar-refractivity contribution is 5.79. The number of hydrogen-bond acceptors (Lipinski definition) is 2. The largest absolute Gasteiger partial charge is 0.392 e. The Kier molecular flexibility index (Phi) is 6.58. The molecule has 0 saturated heterocycles. The van der Waals surface area contributed by atoms with Gasteiger partial charge in [-0.05, 0) is 18.1 Å². The van der Waals surface area contributed by atoms with Gasteiger partial charge in [-0.2, -0.15) is 0 Å². The Bertz CT molecular complexity index is 402. The molecule has 0 aliphatic heterocycles. The summed E-state index contributed by atoms with van der Waals surface area (Å²) in [6.45, 7) is 7.75. The van der Waals surface area contributed by atoms with Gasteiger partial charge in [-0.3, -0.25) is 0 Å². The van der Waals surface area contributed by atoms with Crippen LogP contribution in [0.2, 0.25) is 0 Å². The maximum absolute atomic E-state index is 9.24. The van der Waals surface area contributed by atoms with E-state index in [1.54, 1.807) is 6.08 Å². The van der Waals surface area contributed by atoms with Crippen molar-refractivity contribution in [3.63, 3.8) is 0 Å². The summed E-state index contributed by atoms with van der Waals surface area (Å²) in [4.78, 5) is 4.47. The van der Waals surface area contributed by atoms with E-state index in [4.69, 9.17) is 0 Å². The lowest BCUT2D eigenvalue weighted by Gasteiger charge is -2.10. The molecule has 4 nitrogen and oxygen atoms in total. The zero-order chi connectivity index (χ0) is 13.2. The number of guanidine groups is 1. The average Bonchev–Trinajstić information content (AvgIpc) is 2.42. The Labute approximate surface area is 108 Å². The van der Waals surface area contributed by atoms with E-state index in [0.29, 0.717) is 13.1 Å². The first kappa shape index (κ1) is 14.3. The molecule has 0 unspecified atom stereocenters. The third-order valence-corrected chi connectivity index (χ3v) is 2.45. The Balaban J connectivity index is 2.70. The zero-order valence-corrected chi connectivity index (χ0v) is 10.8. The molecule has 0 heterocycles. The van der Waals surface area contributed by atoms with Crippen LogP contribution in [0.4, 0.5) is 0 Å². The molecular weight excluding hydrogens is 226 g/mol. The van der Waals surface area contributed by atoms with Crippen LogP contribution < -0.4 is 10.6 Å². The monoisotopic (exact) mass is 247 g/mol. The molecule has 0 spiro atoms. The smallest absolute Gasteiger partial charge is 0.191 e. The number of aliphatic hydroxyl groups excluding tert-OH is 1. The second-order valence-electron chi connectivity index (χ2n) is 3.79. The van der Waals surface area contributed by atoms with Crippen LogP contribution in [0.1, 0.15) is 18.1 Å². The van der Waals surface area contributed by atoms with Crippen LogP contribution >= 0.6 is 0 Å². The molecule has 1 rings (SSSR count). The number of benzene rings is 1. The molecular formula is C14H21N3O. The number of aliphatic hydroxyl groups is 1. The molecule has 0 saturated carbocycles. The highest BCUT2D eigenvalue weighted by Gasteiger charge is 2.00. The minimum atomic E-state index is 0.0440. The summed E-state index contributed by atoms with van der Waals surface area (Å²) in [6.07, 6.45) is 1.79.